The molecule has 0 bridgehead atoms. The summed E-state index contributed by atoms with van der Waals surface area (Å²) in [6, 6.07) is 99.0. The molecule has 2 N–H and O–H groups in total. The molecular formula is C76H50O4P2. The number of carbonyl (C=O) groups is 2. The van der Waals surface area contributed by atoms with E-state index in [0.29, 0.717) is 29.3 Å². The minimum Gasteiger partial charge on any atom is -0.478 e. The van der Waals surface area contributed by atoms with Gasteiger partial charge in [0.05, 0.1) is 0 Å². The van der Waals surface area contributed by atoms with Gasteiger partial charge in [-0.2, -0.15) is 0 Å². The smallest absolute Gasteiger partial charge is 0.328 e. The number of carboxylic acid groups (broad SMARTS) is 2. The Morgan fingerprint density at radius 2 is 0.427 bits per heavy atom. The maximum Gasteiger partial charge on any atom is 0.328 e. The highest BCUT2D eigenvalue weighted by Gasteiger charge is 2.15. The van der Waals surface area contributed by atoms with Crippen LogP contribution in [0, 0.1) is 0 Å². The van der Waals surface area contributed by atoms with Crippen molar-refractivity contribution in [2.75, 3.05) is 0 Å². The van der Waals surface area contributed by atoms with Crippen molar-refractivity contribution < 1.29 is 19.8 Å². The molecule has 0 aliphatic rings. The number of aliphatic carboxylic acids is 2. The summed E-state index contributed by atoms with van der Waals surface area (Å²) in [5, 5.41) is 53.0. The van der Waals surface area contributed by atoms with Crippen LogP contribution in [0.1, 0.15) is 0 Å². The monoisotopic (exact) mass is 1090 g/mol. The zero-order chi connectivity index (χ0) is 55.3. The highest BCUT2D eigenvalue weighted by Crippen LogP contribution is 2.37. The van der Waals surface area contributed by atoms with Crippen molar-refractivity contribution in [1.29, 1.82) is 0 Å². The Balaban J connectivity index is 0.000000130. The molecule has 16 aromatic rings. The van der Waals surface area contributed by atoms with Gasteiger partial charge in [-0.05, 0) is 199 Å². The molecule has 0 aliphatic carbocycles. The van der Waals surface area contributed by atoms with Gasteiger partial charge < -0.3 is 10.2 Å². The third kappa shape index (κ3) is 9.59. The van der Waals surface area contributed by atoms with Crippen LogP contribution in [0.4, 0.5) is 0 Å². The topological polar surface area (TPSA) is 74.6 Å². The first-order chi connectivity index (χ1) is 40.3. The normalized spacial score (nSPS) is 11.7. The van der Waals surface area contributed by atoms with Crippen LogP contribution < -0.4 is 21.2 Å². The van der Waals surface area contributed by atoms with E-state index in [1.54, 1.807) is 0 Å². The van der Waals surface area contributed by atoms with Gasteiger partial charge in [0.1, 0.15) is 0 Å². The fourth-order valence-corrected chi connectivity index (χ4v) is 15.0. The van der Waals surface area contributed by atoms with Crippen molar-refractivity contribution in [3.63, 3.8) is 0 Å². The highest BCUT2D eigenvalue weighted by molar-refractivity contribution is 7.57. The van der Waals surface area contributed by atoms with Crippen molar-refractivity contribution in [2.45, 2.75) is 0 Å². The number of fused-ring (bicyclic) bond motifs is 16. The van der Waals surface area contributed by atoms with Crippen molar-refractivity contribution in [2.24, 2.45) is 0 Å². The molecule has 16 aromatic carbocycles. The minimum absolute atomic E-state index is 0.558. The van der Waals surface area contributed by atoms with E-state index in [0.717, 1.165) is 0 Å². The maximum atomic E-state index is 9.55. The summed E-state index contributed by atoms with van der Waals surface area (Å²) in [7, 11) is 1.13. The van der Waals surface area contributed by atoms with Crippen LogP contribution in [-0.4, -0.2) is 22.2 Å². The maximum absolute atomic E-state index is 9.55. The predicted octanol–water partition coefficient (Wildman–Crippen LogP) is 18.2. The summed E-state index contributed by atoms with van der Waals surface area (Å²) in [6.45, 7) is 0. The van der Waals surface area contributed by atoms with E-state index >= 15 is 0 Å². The lowest BCUT2D eigenvalue weighted by molar-refractivity contribution is -0.134. The number of hydrogen-bond donors (Lipinski definition) is 2. The highest BCUT2D eigenvalue weighted by atomic mass is 31.1. The van der Waals surface area contributed by atoms with Crippen LogP contribution in [-0.2, 0) is 9.59 Å². The molecule has 0 aliphatic heterocycles. The molecule has 0 saturated carbocycles. The first-order valence-electron chi connectivity index (χ1n) is 27.3. The molecule has 6 heteroatoms. The van der Waals surface area contributed by atoms with Crippen molar-refractivity contribution in [3.05, 3.63) is 279 Å². The Kier molecular flexibility index (Phi) is 13.1. The molecule has 0 atom stereocenters. The summed E-state index contributed by atoms with van der Waals surface area (Å²) in [4.78, 5) is 19.1. The molecule has 0 saturated heterocycles. The van der Waals surface area contributed by atoms with Gasteiger partial charge in [0, 0.05) is 12.2 Å². The Morgan fingerprint density at radius 1 is 0.232 bits per heavy atom. The molecule has 0 aromatic heterocycles. The molecular weight excluding hydrogens is 1040 g/mol. The van der Waals surface area contributed by atoms with E-state index in [1.807, 2.05) is 0 Å². The largest absolute Gasteiger partial charge is 0.478 e. The molecule has 0 heterocycles. The second-order valence-corrected chi connectivity index (χ2v) is 23.5. The summed E-state index contributed by atoms with van der Waals surface area (Å²) in [5.41, 5.74) is 0. The Morgan fingerprint density at radius 3 is 0.646 bits per heavy atom. The zero-order valence-electron chi connectivity index (χ0n) is 44.3. The van der Waals surface area contributed by atoms with Crippen LogP contribution in [0.2, 0.25) is 0 Å². The molecule has 388 valence electrons. The van der Waals surface area contributed by atoms with Crippen LogP contribution >= 0.6 is 17.2 Å². The predicted molar refractivity (Wildman–Crippen MR) is 355 cm³/mol. The lowest BCUT2D eigenvalue weighted by Crippen LogP contribution is -2.06. The lowest BCUT2D eigenvalue weighted by atomic mass is 9.98. The fourth-order valence-electron chi connectivity index (χ4n) is 12.1. The van der Waals surface area contributed by atoms with Crippen molar-refractivity contribution in [3.8, 4) is 0 Å². The summed E-state index contributed by atoms with van der Waals surface area (Å²) < 4.78 is 0. The number of benzene rings is 16. The van der Waals surface area contributed by atoms with E-state index in [2.05, 4.69) is 267 Å². The van der Waals surface area contributed by atoms with E-state index in [1.165, 1.54) is 150 Å². The summed E-state index contributed by atoms with van der Waals surface area (Å²) >= 11 is 0. The molecule has 0 radical (unpaired) electrons. The standard InChI is InChI=1S/2C36H23P.C4H4O4/c2*1-3-9-27-21-31-29(19-25(27)7-1)17-15-23-11-5-13-33(35(23)31)37-34-14-6-12-24-16-18-30-20-26-8-2-4-10-28(26)22-32(30)36(24)34;5-3(6)1-2-4(7)8/h2*1-22,37H;1-2H,(H,5,6)(H,7,8)/b;;2-1+. The van der Waals surface area contributed by atoms with Crippen LogP contribution in [0.25, 0.3) is 129 Å². The van der Waals surface area contributed by atoms with E-state index < -0.39 is 11.9 Å². The van der Waals surface area contributed by atoms with Gasteiger partial charge >= 0.3 is 11.9 Å². The molecule has 82 heavy (non-hydrogen) atoms. The van der Waals surface area contributed by atoms with Crippen molar-refractivity contribution >= 4 is 180 Å². The molecule has 4 nitrogen and oxygen atoms in total. The van der Waals surface area contributed by atoms with Gasteiger partial charge in [-0.25, -0.2) is 9.59 Å². The quantitative estimate of drug-likeness (QED) is 0.0753. The molecule has 0 fully saturated rings. The number of hydrogen-bond acceptors (Lipinski definition) is 2. The van der Waals surface area contributed by atoms with E-state index in [9.17, 15) is 9.59 Å². The molecule has 0 unspecified atom stereocenters. The summed E-state index contributed by atoms with van der Waals surface area (Å²) in [6.07, 6.45) is 1.12. The van der Waals surface area contributed by atoms with Crippen LogP contribution in [0.3, 0.4) is 0 Å². The molecule has 0 amide bonds. The number of carboxylic acids is 2. The van der Waals surface area contributed by atoms with E-state index in [4.69, 9.17) is 10.2 Å². The fraction of sp³-hybridized carbons (Fsp3) is 0. The lowest BCUT2D eigenvalue weighted by Gasteiger charge is -2.14. The van der Waals surface area contributed by atoms with Gasteiger partial charge in [0.15, 0.2) is 0 Å². The average molecular weight is 1090 g/mol. The minimum atomic E-state index is -1.26. The Bertz CT molecular complexity index is 4670. The SMILES string of the molecule is O=C(O)/C=C/C(=O)O.c1ccc2cc3c(ccc4cccc(Pc5cccc6ccc7cc8ccccc8cc7c56)c43)cc2c1.c1ccc2cc3c(ccc4cccc(Pc5cccc6ccc7cc8ccccc8cc7c56)c43)cc2c1. The second-order valence-electron chi connectivity index (χ2n) is 20.8. The molecule has 16 rings (SSSR count). The second kappa shape index (κ2) is 21.3. The third-order valence-corrected chi connectivity index (χ3v) is 18.6. The average Bonchev–Trinajstić information content (AvgIpc) is 3.66. The first kappa shape index (κ1) is 50.4. The zero-order valence-corrected chi connectivity index (χ0v) is 46.3. The first-order valence-corrected chi connectivity index (χ1v) is 29.3. The van der Waals surface area contributed by atoms with Gasteiger partial charge in [-0.15, -0.1) is 0 Å². The van der Waals surface area contributed by atoms with Gasteiger partial charge in [0.25, 0.3) is 0 Å². The Hall–Kier alpha value is -9.82. The van der Waals surface area contributed by atoms with Gasteiger partial charge in [-0.3, -0.25) is 0 Å². The third-order valence-electron chi connectivity index (χ3n) is 15.8. The number of rotatable bonds is 6. The van der Waals surface area contributed by atoms with Crippen LogP contribution in [0.5, 0.6) is 0 Å². The van der Waals surface area contributed by atoms with Gasteiger partial charge in [0.2, 0.25) is 0 Å². The van der Waals surface area contributed by atoms with Crippen molar-refractivity contribution in [1.82, 2.24) is 0 Å². The molecule has 0 spiro atoms. The van der Waals surface area contributed by atoms with Crippen LogP contribution in [0.15, 0.2) is 279 Å². The van der Waals surface area contributed by atoms with Gasteiger partial charge in [-0.1, -0.05) is 236 Å². The van der Waals surface area contributed by atoms with E-state index in [-0.39, 0.29) is 0 Å². The summed E-state index contributed by atoms with van der Waals surface area (Å²) in [5.74, 6) is -2.51. The Labute approximate surface area is 475 Å².